The lowest BCUT2D eigenvalue weighted by molar-refractivity contribution is -0.105. The largest absolute Gasteiger partial charge is 0.497 e. The fourth-order valence-electron chi connectivity index (χ4n) is 2.61. The van der Waals surface area contributed by atoms with Crippen molar-refractivity contribution < 1.29 is 9.53 Å². The molecule has 124 valence electrons. The Morgan fingerprint density at radius 2 is 1.96 bits per heavy atom. The highest BCUT2D eigenvalue weighted by atomic mass is 35.5. The molecular formula is C17H14Cl2N2O2S. The molecule has 7 heteroatoms. The molecule has 0 amide bonds. The third kappa shape index (κ3) is 3.38. The molecule has 2 aromatic carbocycles. The first-order valence-electron chi connectivity index (χ1n) is 7.18. The summed E-state index contributed by atoms with van der Waals surface area (Å²) >= 11 is 16.2. The summed E-state index contributed by atoms with van der Waals surface area (Å²) in [5, 5.41) is 6.82. The van der Waals surface area contributed by atoms with Gasteiger partial charge in [0.25, 0.3) is 0 Å². The second-order valence-electron chi connectivity index (χ2n) is 5.29. The van der Waals surface area contributed by atoms with Crippen molar-refractivity contribution >= 4 is 52.3 Å². The van der Waals surface area contributed by atoms with Crippen LogP contribution in [0, 0.1) is 0 Å². The first-order valence-corrected chi connectivity index (χ1v) is 8.39. The Kier molecular flexibility index (Phi) is 5.04. The van der Waals surface area contributed by atoms with Gasteiger partial charge in [0.1, 0.15) is 11.5 Å². The number of anilines is 1. The van der Waals surface area contributed by atoms with Crippen molar-refractivity contribution in [1.82, 2.24) is 0 Å². The average Bonchev–Trinajstić information content (AvgIpc) is 3.00. The predicted molar refractivity (Wildman–Crippen MR) is 101 cm³/mol. The van der Waals surface area contributed by atoms with Crippen LogP contribution < -0.4 is 9.75 Å². The minimum atomic E-state index is -0.346. The van der Waals surface area contributed by atoms with E-state index in [-0.39, 0.29) is 11.2 Å². The summed E-state index contributed by atoms with van der Waals surface area (Å²) in [6.07, 6.45) is 0.452. The molecule has 0 aliphatic carbocycles. The van der Waals surface area contributed by atoms with Gasteiger partial charge in [-0.1, -0.05) is 48.0 Å². The van der Waals surface area contributed by atoms with E-state index >= 15 is 0 Å². The number of hydrogen-bond acceptors (Lipinski definition) is 4. The van der Waals surface area contributed by atoms with Crippen molar-refractivity contribution in [3.8, 4) is 5.75 Å². The number of hydrazone groups is 1. The van der Waals surface area contributed by atoms with Gasteiger partial charge >= 0.3 is 0 Å². The second-order valence-corrected chi connectivity index (χ2v) is 6.54. The topological polar surface area (TPSA) is 41.9 Å². The molecule has 1 aliphatic rings. The summed E-state index contributed by atoms with van der Waals surface area (Å²) < 4.78 is 5.19. The minimum Gasteiger partial charge on any atom is -0.497 e. The maximum Gasteiger partial charge on any atom is 0.232 e. The Morgan fingerprint density at radius 1 is 1.25 bits per heavy atom. The van der Waals surface area contributed by atoms with Crippen LogP contribution in [-0.2, 0) is 4.79 Å². The summed E-state index contributed by atoms with van der Waals surface area (Å²) in [4.78, 5) is 11.7. The Labute approximate surface area is 155 Å². The van der Waals surface area contributed by atoms with Gasteiger partial charge in [-0.25, -0.2) is 0 Å². The molecule has 0 bridgehead atoms. The number of thiol groups is 1. The van der Waals surface area contributed by atoms with Crippen molar-refractivity contribution in [2.24, 2.45) is 5.10 Å². The number of nitrogens with zero attached hydrogens (tertiary/aromatic N) is 2. The quantitative estimate of drug-likeness (QED) is 0.776. The number of carbonyl (C=O) groups excluding carboxylic acids is 1. The zero-order valence-corrected chi connectivity index (χ0v) is 15.1. The molecule has 0 saturated carbocycles. The van der Waals surface area contributed by atoms with Gasteiger partial charge in [0.15, 0.2) is 0 Å². The molecule has 1 unspecified atom stereocenters. The zero-order valence-electron chi connectivity index (χ0n) is 12.7. The van der Waals surface area contributed by atoms with Crippen LogP contribution in [0.2, 0.25) is 10.0 Å². The zero-order chi connectivity index (χ0) is 17.3. The Bertz CT molecular complexity index is 809. The summed E-state index contributed by atoms with van der Waals surface area (Å²) in [5.41, 5.74) is 2.08. The maximum absolute atomic E-state index is 11.7. The van der Waals surface area contributed by atoms with E-state index in [1.54, 1.807) is 30.3 Å². The van der Waals surface area contributed by atoms with Gasteiger partial charge in [-0.05, 0) is 35.9 Å². The fourth-order valence-corrected chi connectivity index (χ4v) is 3.25. The average molecular weight is 381 g/mol. The van der Waals surface area contributed by atoms with Crippen molar-refractivity contribution in [1.29, 1.82) is 0 Å². The number of benzene rings is 2. The van der Waals surface area contributed by atoms with Crippen LogP contribution in [0.5, 0.6) is 5.75 Å². The van der Waals surface area contributed by atoms with E-state index in [2.05, 4.69) is 17.7 Å². The minimum absolute atomic E-state index is 0.152. The highest BCUT2D eigenvalue weighted by Gasteiger charge is 2.32. The molecule has 1 aliphatic heterocycles. The number of methoxy groups -OCH3 is 1. The van der Waals surface area contributed by atoms with Crippen molar-refractivity contribution in [3.05, 3.63) is 58.1 Å². The fraction of sp³-hybridized carbons (Fsp3) is 0.176. The monoisotopic (exact) mass is 380 g/mol. The van der Waals surface area contributed by atoms with E-state index in [0.29, 0.717) is 27.9 Å². The molecule has 1 atom stereocenters. The van der Waals surface area contributed by atoms with E-state index in [4.69, 9.17) is 27.9 Å². The summed E-state index contributed by atoms with van der Waals surface area (Å²) in [6, 6.07) is 12.7. The molecule has 0 fully saturated rings. The van der Waals surface area contributed by atoms with Gasteiger partial charge in [0.2, 0.25) is 5.12 Å². The lowest BCUT2D eigenvalue weighted by atomic mass is 10.0. The third-order valence-corrected chi connectivity index (χ3v) is 4.61. The van der Waals surface area contributed by atoms with Crippen LogP contribution in [-0.4, -0.2) is 17.9 Å². The molecule has 0 spiro atoms. The Morgan fingerprint density at radius 3 is 2.54 bits per heavy atom. The molecular weight excluding hydrogens is 367 g/mol. The number of rotatable bonds is 4. The van der Waals surface area contributed by atoms with Gasteiger partial charge in [-0.2, -0.15) is 5.10 Å². The number of carbonyl (C=O) groups is 1. The molecule has 0 saturated heterocycles. The SMILES string of the molecule is COc1ccc(C2CC(C(=O)S)=NN2c2ccc(Cl)cc2Cl)cc1. The molecule has 4 nitrogen and oxygen atoms in total. The molecule has 0 N–H and O–H groups in total. The van der Waals surface area contributed by atoms with Gasteiger partial charge in [0.05, 0.1) is 23.9 Å². The lowest BCUT2D eigenvalue weighted by Gasteiger charge is -2.25. The van der Waals surface area contributed by atoms with Crippen LogP contribution in [0.25, 0.3) is 0 Å². The summed E-state index contributed by atoms with van der Waals surface area (Å²) in [7, 11) is 1.62. The van der Waals surface area contributed by atoms with E-state index < -0.39 is 0 Å². The second kappa shape index (κ2) is 7.05. The molecule has 2 aromatic rings. The highest BCUT2D eigenvalue weighted by Crippen LogP contribution is 2.40. The first-order chi connectivity index (χ1) is 11.5. The number of halogens is 2. The molecule has 1 heterocycles. The molecule has 0 aromatic heterocycles. The van der Waals surface area contributed by atoms with Crippen LogP contribution in [0.15, 0.2) is 47.6 Å². The Balaban J connectivity index is 2.02. The van der Waals surface area contributed by atoms with Gasteiger partial charge in [0, 0.05) is 11.4 Å². The van der Waals surface area contributed by atoms with Gasteiger partial charge < -0.3 is 4.74 Å². The van der Waals surface area contributed by atoms with Crippen LogP contribution in [0.3, 0.4) is 0 Å². The van der Waals surface area contributed by atoms with E-state index in [1.807, 2.05) is 24.3 Å². The van der Waals surface area contributed by atoms with Crippen LogP contribution >= 0.6 is 35.8 Å². The highest BCUT2D eigenvalue weighted by molar-refractivity contribution is 7.98. The Hall–Kier alpha value is -1.69. The van der Waals surface area contributed by atoms with Gasteiger partial charge in [-0.3, -0.25) is 9.80 Å². The molecule has 0 radical (unpaired) electrons. The number of ether oxygens (including phenoxy) is 1. The standard InChI is InChI=1S/C17H14Cl2N2O2S/c1-23-12-5-2-10(3-6-12)16-9-14(17(22)24)20-21(16)15-7-4-11(18)8-13(15)19/h2-8,16H,9H2,1H3,(H,22,24). The lowest BCUT2D eigenvalue weighted by Crippen LogP contribution is -2.18. The number of hydrogen-bond donors (Lipinski definition) is 1. The first kappa shape index (κ1) is 17.1. The van der Waals surface area contributed by atoms with Crippen LogP contribution in [0.4, 0.5) is 5.69 Å². The van der Waals surface area contributed by atoms with Gasteiger partial charge in [-0.15, -0.1) is 0 Å². The smallest absolute Gasteiger partial charge is 0.232 e. The van der Waals surface area contributed by atoms with Crippen LogP contribution in [0.1, 0.15) is 18.0 Å². The van der Waals surface area contributed by atoms with Crippen molar-refractivity contribution in [3.63, 3.8) is 0 Å². The third-order valence-electron chi connectivity index (χ3n) is 3.81. The van der Waals surface area contributed by atoms with E-state index in [0.717, 1.165) is 11.3 Å². The van der Waals surface area contributed by atoms with Crippen molar-refractivity contribution in [2.75, 3.05) is 12.1 Å². The molecule has 3 rings (SSSR count). The summed E-state index contributed by atoms with van der Waals surface area (Å²) in [6.45, 7) is 0. The van der Waals surface area contributed by atoms with Crippen molar-refractivity contribution in [2.45, 2.75) is 12.5 Å². The van der Waals surface area contributed by atoms with E-state index in [9.17, 15) is 4.79 Å². The maximum atomic E-state index is 11.7. The van der Waals surface area contributed by atoms with E-state index in [1.165, 1.54) is 0 Å². The summed E-state index contributed by atoms with van der Waals surface area (Å²) in [5.74, 6) is 0.763. The molecule has 24 heavy (non-hydrogen) atoms. The normalized spacial score (nSPS) is 16.9. The predicted octanol–water partition coefficient (Wildman–Crippen LogP) is 4.77.